The lowest BCUT2D eigenvalue weighted by Crippen LogP contribution is -2.50. The van der Waals surface area contributed by atoms with Gasteiger partial charge in [-0.25, -0.2) is 0 Å². The predicted octanol–water partition coefficient (Wildman–Crippen LogP) is 3.18. The molecule has 28 heavy (non-hydrogen) atoms. The Bertz CT molecular complexity index is 782. The lowest BCUT2D eigenvalue weighted by molar-refractivity contribution is -0.127. The van der Waals surface area contributed by atoms with Gasteiger partial charge >= 0.3 is 0 Å². The van der Waals surface area contributed by atoms with Crippen LogP contribution in [0.25, 0.3) is 0 Å². The average molecular weight is 380 g/mol. The highest BCUT2D eigenvalue weighted by molar-refractivity contribution is 5.92. The van der Waals surface area contributed by atoms with Crippen molar-refractivity contribution >= 4 is 17.5 Å². The Kier molecular flexibility index (Phi) is 6.47. The molecule has 2 N–H and O–H groups in total. The van der Waals surface area contributed by atoms with Crippen LogP contribution >= 0.6 is 0 Å². The van der Waals surface area contributed by atoms with Gasteiger partial charge in [-0.2, -0.15) is 0 Å². The van der Waals surface area contributed by atoms with Crippen LogP contribution in [-0.4, -0.2) is 42.4 Å². The first kappa shape index (κ1) is 20.1. The zero-order chi connectivity index (χ0) is 20.0. The highest BCUT2D eigenvalue weighted by Gasteiger charge is 2.32. The van der Waals surface area contributed by atoms with E-state index in [1.165, 1.54) is 0 Å². The van der Waals surface area contributed by atoms with E-state index in [-0.39, 0.29) is 17.9 Å². The van der Waals surface area contributed by atoms with Crippen LogP contribution in [0.15, 0.2) is 60.7 Å². The molecule has 0 atom stereocenters. The van der Waals surface area contributed by atoms with E-state index in [0.29, 0.717) is 6.54 Å². The second-order valence-corrected chi connectivity index (χ2v) is 7.93. The van der Waals surface area contributed by atoms with E-state index in [1.54, 1.807) is 0 Å². The van der Waals surface area contributed by atoms with Crippen LogP contribution in [0.3, 0.4) is 0 Å². The second-order valence-electron chi connectivity index (χ2n) is 7.93. The van der Waals surface area contributed by atoms with Crippen molar-refractivity contribution in [1.82, 2.24) is 10.2 Å². The van der Waals surface area contributed by atoms with Gasteiger partial charge in [0.05, 0.1) is 12.0 Å². The molecule has 0 radical (unpaired) electrons. The summed E-state index contributed by atoms with van der Waals surface area (Å²) in [4.78, 5) is 27.2. The number of carbonyl (C=O) groups excluding carboxylic acids is 2. The van der Waals surface area contributed by atoms with Gasteiger partial charge in [-0.1, -0.05) is 48.5 Å². The number of anilines is 1. The maximum atomic E-state index is 12.8. The molecular formula is C23H29N3O2. The molecule has 0 unspecified atom stereocenters. The van der Waals surface area contributed by atoms with Crippen molar-refractivity contribution < 1.29 is 9.59 Å². The molecule has 0 saturated carbocycles. The Labute approximate surface area is 167 Å². The fourth-order valence-corrected chi connectivity index (χ4v) is 3.51. The van der Waals surface area contributed by atoms with Gasteiger partial charge in [0.25, 0.3) is 0 Å². The summed E-state index contributed by atoms with van der Waals surface area (Å²) in [7, 11) is 0. The minimum Gasteiger partial charge on any atom is -0.353 e. The van der Waals surface area contributed by atoms with Crippen molar-refractivity contribution in [1.29, 1.82) is 0 Å². The Morgan fingerprint density at radius 2 is 1.54 bits per heavy atom. The molecule has 1 aliphatic rings. The molecule has 5 heteroatoms. The molecule has 2 amide bonds. The molecule has 1 saturated heterocycles. The number of para-hydroxylation sites is 1. The quantitative estimate of drug-likeness (QED) is 0.810. The maximum absolute atomic E-state index is 12.8. The first-order valence-electron chi connectivity index (χ1n) is 9.89. The van der Waals surface area contributed by atoms with Gasteiger partial charge in [-0.05, 0) is 44.4 Å². The first-order valence-corrected chi connectivity index (χ1v) is 9.89. The number of nitrogens with one attached hydrogen (secondary N) is 2. The second kappa shape index (κ2) is 9.02. The van der Waals surface area contributed by atoms with Crippen molar-refractivity contribution in [3.05, 3.63) is 66.2 Å². The number of likely N-dealkylation sites (tertiary alicyclic amines) is 1. The molecule has 0 aromatic heterocycles. The summed E-state index contributed by atoms with van der Waals surface area (Å²) in [5.41, 5.74) is 1.27. The normalized spacial score (nSPS) is 15.8. The molecule has 0 aliphatic carbocycles. The first-order chi connectivity index (χ1) is 13.4. The third-order valence-corrected chi connectivity index (χ3v) is 5.41. The standard InChI is InChI=1S/C23H29N3O2/c1-23(2,18-9-5-3-6-10-18)22(28)25-20-13-15-26(16-14-20)17-21(27)24-19-11-7-4-8-12-19/h3-12,20H,13-17H2,1-2H3,(H,24,27)(H,25,28). The van der Waals surface area contributed by atoms with Crippen molar-refractivity contribution in [2.75, 3.05) is 25.0 Å². The summed E-state index contributed by atoms with van der Waals surface area (Å²) in [6.07, 6.45) is 1.71. The summed E-state index contributed by atoms with van der Waals surface area (Å²) in [5.74, 6) is 0.0536. The number of carbonyl (C=O) groups is 2. The van der Waals surface area contributed by atoms with Gasteiger partial charge in [0, 0.05) is 24.8 Å². The number of hydrogen-bond acceptors (Lipinski definition) is 3. The lowest BCUT2D eigenvalue weighted by atomic mass is 9.83. The fraction of sp³-hybridized carbons (Fsp3) is 0.391. The van der Waals surface area contributed by atoms with Crippen LogP contribution in [0.4, 0.5) is 5.69 Å². The van der Waals surface area contributed by atoms with Crippen LogP contribution in [0, 0.1) is 0 Å². The average Bonchev–Trinajstić information content (AvgIpc) is 2.71. The minimum absolute atomic E-state index is 0.00102. The summed E-state index contributed by atoms with van der Waals surface area (Å²) in [6, 6.07) is 19.5. The van der Waals surface area contributed by atoms with E-state index < -0.39 is 5.41 Å². The molecule has 1 fully saturated rings. The molecule has 1 aliphatic heterocycles. The Morgan fingerprint density at radius 3 is 2.14 bits per heavy atom. The van der Waals surface area contributed by atoms with Crippen LogP contribution < -0.4 is 10.6 Å². The molecule has 2 aromatic carbocycles. The number of piperidine rings is 1. The highest BCUT2D eigenvalue weighted by Crippen LogP contribution is 2.24. The van der Waals surface area contributed by atoms with E-state index in [4.69, 9.17) is 0 Å². The molecular weight excluding hydrogens is 350 g/mol. The molecule has 3 rings (SSSR count). The van der Waals surface area contributed by atoms with Crippen LogP contribution in [0.5, 0.6) is 0 Å². The van der Waals surface area contributed by atoms with E-state index in [9.17, 15) is 9.59 Å². The smallest absolute Gasteiger partial charge is 0.238 e. The molecule has 5 nitrogen and oxygen atoms in total. The predicted molar refractivity (Wildman–Crippen MR) is 112 cm³/mol. The number of nitrogens with zero attached hydrogens (tertiary/aromatic N) is 1. The third-order valence-electron chi connectivity index (χ3n) is 5.41. The van der Waals surface area contributed by atoms with Gasteiger partial charge in [-0.15, -0.1) is 0 Å². The monoisotopic (exact) mass is 379 g/mol. The van der Waals surface area contributed by atoms with Crippen molar-refractivity contribution in [2.24, 2.45) is 0 Å². The summed E-state index contributed by atoms with van der Waals surface area (Å²) >= 11 is 0. The SMILES string of the molecule is CC(C)(C(=O)NC1CCN(CC(=O)Nc2ccccc2)CC1)c1ccccc1. The van der Waals surface area contributed by atoms with Gasteiger partial charge in [0.15, 0.2) is 0 Å². The summed E-state index contributed by atoms with van der Waals surface area (Å²) in [6.45, 7) is 5.91. The van der Waals surface area contributed by atoms with Gasteiger partial charge in [0.2, 0.25) is 11.8 Å². The number of hydrogen-bond donors (Lipinski definition) is 2. The molecule has 148 valence electrons. The van der Waals surface area contributed by atoms with E-state index in [2.05, 4.69) is 15.5 Å². The number of benzene rings is 2. The zero-order valence-electron chi connectivity index (χ0n) is 16.7. The number of amides is 2. The third kappa shape index (κ3) is 5.20. The lowest BCUT2D eigenvalue weighted by Gasteiger charge is -2.34. The molecule has 0 bridgehead atoms. The van der Waals surface area contributed by atoms with Crippen LogP contribution in [0.2, 0.25) is 0 Å². The Morgan fingerprint density at radius 1 is 0.964 bits per heavy atom. The van der Waals surface area contributed by atoms with E-state index in [1.807, 2.05) is 74.5 Å². The van der Waals surface area contributed by atoms with Gasteiger partial charge in [-0.3, -0.25) is 14.5 Å². The summed E-state index contributed by atoms with van der Waals surface area (Å²) < 4.78 is 0. The highest BCUT2D eigenvalue weighted by atomic mass is 16.2. The van der Waals surface area contributed by atoms with Gasteiger partial charge < -0.3 is 10.6 Å². The van der Waals surface area contributed by atoms with Crippen molar-refractivity contribution in [3.8, 4) is 0 Å². The van der Waals surface area contributed by atoms with Crippen LogP contribution in [0.1, 0.15) is 32.3 Å². The maximum Gasteiger partial charge on any atom is 0.238 e. The molecule has 2 aromatic rings. The number of rotatable bonds is 6. The summed E-state index contributed by atoms with van der Waals surface area (Å²) in [5, 5.41) is 6.13. The Balaban J connectivity index is 1.45. The molecule has 0 spiro atoms. The van der Waals surface area contributed by atoms with Gasteiger partial charge in [0.1, 0.15) is 0 Å². The Hall–Kier alpha value is -2.66. The topological polar surface area (TPSA) is 61.4 Å². The fourth-order valence-electron chi connectivity index (χ4n) is 3.51. The zero-order valence-corrected chi connectivity index (χ0v) is 16.7. The van der Waals surface area contributed by atoms with Crippen molar-refractivity contribution in [2.45, 2.75) is 38.1 Å². The van der Waals surface area contributed by atoms with E-state index in [0.717, 1.165) is 37.2 Å². The van der Waals surface area contributed by atoms with Crippen molar-refractivity contribution in [3.63, 3.8) is 0 Å². The van der Waals surface area contributed by atoms with E-state index >= 15 is 0 Å². The largest absolute Gasteiger partial charge is 0.353 e. The molecule has 1 heterocycles. The van der Waals surface area contributed by atoms with Crippen LogP contribution in [-0.2, 0) is 15.0 Å². The minimum atomic E-state index is -0.562.